The van der Waals surface area contributed by atoms with E-state index in [2.05, 4.69) is 54.4 Å². The summed E-state index contributed by atoms with van der Waals surface area (Å²) in [5.74, 6) is 1.22. The highest BCUT2D eigenvalue weighted by atomic mass is 16.3. The number of aliphatic hydroxyl groups excluding tert-OH is 1. The zero-order chi connectivity index (χ0) is 16.2. The molecular weight excluding hydrogens is 284 g/mol. The summed E-state index contributed by atoms with van der Waals surface area (Å²) in [4.78, 5) is 2.58. The Morgan fingerprint density at radius 3 is 2.57 bits per heavy atom. The third kappa shape index (κ3) is 5.03. The Hall–Kier alpha value is -0.900. The fraction of sp³-hybridized carbons (Fsp3) is 0.700. The van der Waals surface area contributed by atoms with E-state index in [1.807, 2.05) is 0 Å². The van der Waals surface area contributed by atoms with Crippen molar-refractivity contribution in [3.05, 3.63) is 35.9 Å². The van der Waals surface area contributed by atoms with Crippen LogP contribution in [0.2, 0.25) is 0 Å². The molecule has 2 fully saturated rings. The van der Waals surface area contributed by atoms with E-state index in [0.29, 0.717) is 23.9 Å². The van der Waals surface area contributed by atoms with Crippen molar-refractivity contribution in [3.8, 4) is 0 Å². The molecule has 1 aromatic rings. The van der Waals surface area contributed by atoms with Crippen LogP contribution in [-0.4, -0.2) is 41.3 Å². The standard InChI is InChI=1S/C20H32N2O/c1-15(2)22-13-17(11-20(23)18-8-9-18)10-19(14-22)21-12-16-6-4-3-5-7-16/h3-7,15,17-21,23H,8-14H2,1-2H3. The maximum atomic E-state index is 10.3. The van der Waals surface area contributed by atoms with Crippen LogP contribution < -0.4 is 5.32 Å². The summed E-state index contributed by atoms with van der Waals surface area (Å²) in [6.45, 7) is 7.78. The predicted molar refractivity (Wildman–Crippen MR) is 95.2 cm³/mol. The van der Waals surface area contributed by atoms with E-state index in [1.165, 1.54) is 24.8 Å². The van der Waals surface area contributed by atoms with Gasteiger partial charge in [-0.2, -0.15) is 0 Å². The fourth-order valence-corrected chi connectivity index (χ4v) is 3.85. The second kappa shape index (κ2) is 7.78. The zero-order valence-corrected chi connectivity index (χ0v) is 14.6. The van der Waals surface area contributed by atoms with Crippen LogP contribution in [0.15, 0.2) is 30.3 Å². The number of hydrogen-bond acceptors (Lipinski definition) is 3. The summed E-state index contributed by atoms with van der Waals surface area (Å²) in [7, 11) is 0. The summed E-state index contributed by atoms with van der Waals surface area (Å²) in [6, 6.07) is 11.8. The lowest BCUT2D eigenvalue weighted by Gasteiger charge is -2.41. The van der Waals surface area contributed by atoms with Crippen LogP contribution in [0.1, 0.15) is 45.1 Å². The van der Waals surface area contributed by atoms with Crippen LogP contribution in [0.25, 0.3) is 0 Å². The summed E-state index contributed by atoms with van der Waals surface area (Å²) in [5, 5.41) is 14.1. The molecule has 3 atom stereocenters. The second-order valence-electron chi connectivity index (χ2n) is 7.85. The van der Waals surface area contributed by atoms with Gasteiger partial charge in [-0.3, -0.25) is 4.90 Å². The molecule has 2 N–H and O–H groups in total. The molecule has 0 spiro atoms. The van der Waals surface area contributed by atoms with E-state index in [4.69, 9.17) is 0 Å². The van der Waals surface area contributed by atoms with E-state index in [0.717, 1.165) is 26.1 Å². The second-order valence-corrected chi connectivity index (χ2v) is 7.85. The molecule has 3 rings (SSSR count). The monoisotopic (exact) mass is 316 g/mol. The molecule has 1 saturated carbocycles. The van der Waals surface area contributed by atoms with Gasteiger partial charge in [0.15, 0.2) is 0 Å². The van der Waals surface area contributed by atoms with Gasteiger partial charge >= 0.3 is 0 Å². The van der Waals surface area contributed by atoms with Crippen molar-refractivity contribution in [3.63, 3.8) is 0 Å². The summed E-state index contributed by atoms with van der Waals surface area (Å²) < 4.78 is 0. The molecule has 23 heavy (non-hydrogen) atoms. The third-order valence-corrected chi connectivity index (χ3v) is 5.47. The van der Waals surface area contributed by atoms with Crippen molar-refractivity contribution in [2.24, 2.45) is 11.8 Å². The Morgan fingerprint density at radius 1 is 1.17 bits per heavy atom. The maximum absolute atomic E-state index is 10.3. The highest BCUT2D eigenvalue weighted by Crippen LogP contribution is 2.36. The van der Waals surface area contributed by atoms with Gasteiger partial charge in [-0.15, -0.1) is 0 Å². The average Bonchev–Trinajstić information content (AvgIpc) is 3.38. The van der Waals surface area contributed by atoms with Crippen LogP contribution in [-0.2, 0) is 6.54 Å². The third-order valence-electron chi connectivity index (χ3n) is 5.47. The topological polar surface area (TPSA) is 35.5 Å². The molecule has 0 amide bonds. The van der Waals surface area contributed by atoms with Gasteiger partial charge in [-0.05, 0) is 56.9 Å². The number of hydrogen-bond donors (Lipinski definition) is 2. The quantitative estimate of drug-likeness (QED) is 0.811. The summed E-state index contributed by atoms with van der Waals surface area (Å²) in [5.41, 5.74) is 1.35. The van der Waals surface area contributed by atoms with Gasteiger partial charge in [0, 0.05) is 31.7 Å². The summed E-state index contributed by atoms with van der Waals surface area (Å²) >= 11 is 0. The number of rotatable bonds is 7. The number of nitrogens with zero attached hydrogens (tertiary/aromatic N) is 1. The highest BCUT2D eigenvalue weighted by Gasteiger charge is 2.34. The average molecular weight is 316 g/mol. The lowest BCUT2D eigenvalue weighted by molar-refractivity contribution is 0.0621. The van der Waals surface area contributed by atoms with Gasteiger partial charge in [0.05, 0.1) is 6.10 Å². The first-order chi connectivity index (χ1) is 11.1. The molecule has 0 bridgehead atoms. The largest absolute Gasteiger partial charge is 0.393 e. The Bertz CT molecular complexity index is 470. The molecule has 2 aliphatic rings. The molecule has 3 heteroatoms. The van der Waals surface area contributed by atoms with Gasteiger partial charge in [-0.1, -0.05) is 30.3 Å². The van der Waals surface area contributed by atoms with Crippen molar-refractivity contribution in [1.29, 1.82) is 0 Å². The number of aliphatic hydroxyl groups is 1. The first-order valence-electron chi connectivity index (χ1n) is 9.31. The van der Waals surface area contributed by atoms with Gasteiger partial charge in [-0.25, -0.2) is 0 Å². The molecular formula is C20H32N2O. The lowest BCUT2D eigenvalue weighted by atomic mass is 9.87. The first kappa shape index (κ1) is 16.9. The molecule has 1 saturated heterocycles. The van der Waals surface area contributed by atoms with Crippen LogP contribution in [0.5, 0.6) is 0 Å². The highest BCUT2D eigenvalue weighted by molar-refractivity contribution is 5.14. The van der Waals surface area contributed by atoms with E-state index < -0.39 is 0 Å². The van der Waals surface area contributed by atoms with Crippen molar-refractivity contribution in [2.45, 2.75) is 64.3 Å². The van der Waals surface area contributed by atoms with E-state index in [9.17, 15) is 5.11 Å². The van der Waals surface area contributed by atoms with Crippen molar-refractivity contribution < 1.29 is 5.11 Å². The molecule has 0 radical (unpaired) electrons. The first-order valence-corrected chi connectivity index (χ1v) is 9.31. The minimum Gasteiger partial charge on any atom is -0.393 e. The van der Waals surface area contributed by atoms with Crippen molar-refractivity contribution in [1.82, 2.24) is 10.2 Å². The molecule has 3 unspecified atom stereocenters. The molecule has 3 nitrogen and oxygen atoms in total. The van der Waals surface area contributed by atoms with Crippen LogP contribution in [0, 0.1) is 11.8 Å². The summed E-state index contributed by atoms with van der Waals surface area (Å²) in [6.07, 6.45) is 4.58. The van der Waals surface area contributed by atoms with Gasteiger partial charge < -0.3 is 10.4 Å². The number of benzene rings is 1. The van der Waals surface area contributed by atoms with Gasteiger partial charge in [0.25, 0.3) is 0 Å². The van der Waals surface area contributed by atoms with Crippen molar-refractivity contribution >= 4 is 0 Å². The van der Waals surface area contributed by atoms with Crippen LogP contribution in [0.3, 0.4) is 0 Å². The Morgan fingerprint density at radius 2 is 1.91 bits per heavy atom. The van der Waals surface area contributed by atoms with E-state index in [1.54, 1.807) is 0 Å². The number of likely N-dealkylation sites (tertiary alicyclic amines) is 1. The molecule has 1 heterocycles. The lowest BCUT2D eigenvalue weighted by Crippen LogP contribution is -2.51. The predicted octanol–water partition coefficient (Wildman–Crippen LogP) is 3.04. The number of nitrogens with one attached hydrogen (secondary N) is 1. The zero-order valence-electron chi connectivity index (χ0n) is 14.6. The SMILES string of the molecule is CC(C)N1CC(CC(O)C2CC2)CC(NCc2ccccc2)C1. The molecule has 1 aliphatic carbocycles. The minimum atomic E-state index is -0.0677. The molecule has 0 aromatic heterocycles. The maximum Gasteiger partial charge on any atom is 0.0571 e. The smallest absolute Gasteiger partial charge is 0.0571 e. The fourth-order valence-electron chi connectivity index (χ4n) is 3.85. The van der Waals surface area contributed by atoms with Gasteiger partial charge in [0.2, 0.25) is 0 Å². The van der Waals surface area contributed by atoms with Gasteiger partial charge in [0.1, 0.15) is 0 Å². The van der Waals surface area contributed by atoms with Crippen LogP contribution in [0.4, 0.5) is 0 Å². The van der Waals surface area contributed by atoms with Crippen LogP contribution >= 0.6 is 0 Å². The normalized spacial score (nSPS) is 27.3. The number of piperidine rings is 1. The minimum absolute atomic E-state index is 0.0677. The van der Waals surface area contributed by atoms with Crippen molar-refractivity contribution in [2.75, 3.05) is 13.1 Å². The Labute approximate surface area is 141 Å². The Balaban J connectivity index is 1.54. The molecule has 1 aromatic carbocycles. The van der Waals surface area contributed by atoms with E-state index in [-0.39, 0.29) is 6.10 Å². The van der Waals surface area contributed by atoms with E-state index >= 15 is 0 Å². The Kier molecular flexibility index (Phi) is 5.73. The molecule has 1 aliphatic heterocycles. The molecule has 128 valence electrons.